The van der Waals surface area contributed by atoms with Gasteiger partial charge in [-0.15, -0.1) is 0 Å². The molecule has 1 atom stereocenters. The zero-order valence-corrected chi connectivity index (χ0v) is 21.0. The number of aromatic nitrogens is 3. The van der Waals surface area contributed by atoms with Crippen LogP contribution >= 0.6 is 0 Å². The van der Waals surface area contributed by atoms with Gasteiger partial charge in [0.2, 0.25) is 0 Å². The predicted octanol–water partition coefficient (Wildman–Crippen LogP) is 3.87. The van der Waals surface area contributed by atoms with Crippen LogP contribution in [0.1, 0.15) is 41.5 Å². The van der Waals surface area contributed by atoms with E-state index in [4.69, 9.17) is 14.0 Å². The Kier molecular flexibility index (Phi) is 6.44. The molecule has 0 saturated carbocycles. The van der Waals surface area contributed by atoms with Gasteiger partial charge in [-0.2, -0.15) is 5.10 Å². The minimum atomic E-state index is -0.516. The summed E-state index contributed by atoms with van der Waals surface area (Å²) in [4.78, 5) is 18.3. The average molecular weight is 464 g/mol. The van der Waals surface area contributed by atoms with Crippen LogP contribution < -0.4 is 5.46 Å². The Labute approximate surface area is 201 Å². The number of benzene rings is 1. The van der Waals surface area contributed by atoms with E-state index in [2.05, 4.69) is 22.2 Å². The van der Waals surface area contributed by atoms with Crippen LogP contribution in [-0.2, 0) is 20.6 Å². The molecule has 34 heavy (non-hydrogen) atoms. The normalized spacial score (nSPS) is 17.9. The number of hydrogen-bond donors (Lipinski definition) is 0. The third-order valence-electron chi connectivity index (χ3n) is 6.03. The van der Waals surface area contributed by atoms with Gasteiger partial charge >= 0.3 is 13.2 Å². The van der Waals surface area contributed by atoms with Gasteiger partial charge in [0.25, 0.3) is 0 Å². The van der Waals surface area contributed by atoms with Gasteiger partial charge in [-0.1, -0.05) is 12.1 Å². The van der Waals surface area contributed by atoms with E-state index in [0.717, 1.165) is 27.5 Å². The Balaban J connectivity index is 1.46. The topological polar surface area (TPSA) is 78.7 Å². The summed E-state index contributed by atoms with van der Waals surface area (Å²) in [6.45, 7) is 12.7. The summed E-state index contributed by atoms with van der Waals surface area (Å²) < 4.78 is 19.4. The van der Waals surface area contributed by atoms with Crippen LogP contribution in [0.4, 0.5) is 4.79 Å². The highest BCUT2D eigenvalue weighted by Crippen LogP contribution is 2.28. The smallest absolute Gasteiger partial charge is 0.444 e. The number of ether oxygens (including phenoxy) is 1. The number of rotatable bonds is 5. The molecule has 1 saturated heterocycles. The molecule has 1 unspecified atom stereocenters. The second-order valence-electron chi connectivity index (χ2n) is 10.4. The first-order chi connectivity index (χ1) is 15.9. The van der Waals surface area contributed by atoms with Gasteiger partial charge in [-0.25, -0.2) is 4.79 Å². The van der Waals surface area contributed by atoms with Crippen molar-refractivity contribution in [3.05, 3.63) is 42.9 Å². The van der Waals surface area contributed by atoms with Gasteiger partial charge in [0.15, 0.2) is 0 Å². The molecular weight excluding hydrogens is 431 g/mol. The zero-order valence-electron chi connectivity index (χ0n) is 21.0. The molecule has 0 N–H and O–H groups in total. The van der Waals surface area contributed by atoms with E-state index in [9.17, 15) is 4.79 Å². The van der Waals surface area contributed by atoms with Crippen LogP contribution in [0.3, 0.4) is 0 Å². The van der Waals surface area contributed by atoms with Crippen LogP contribution in [-0.4, -0.2) is 63.8 Å². The molecule has 180 valence electrons. The number of carbonyl (C=O) groups excluding carboxylic acids is 1. The van der Waals surface area contributed by atoms with Crippen molar-refractivity contribution in [2.24, 2.45) is 0 Å². The number of fused-ring (bicyclic) bond motifs is 1. The molecule has 0 bridgehead atoms. The first kappa shape index (κ1) is 24.2. The molecule has 9 heteroatoms. The highest BCUT2D eigenvalue weighted by atomic mass is 16.7. The summed E-state index contributed by atoms with van der Waals surface area (Å²) in [6.07, 6.45) is 5.29. The molecule has 8 nitrogen and oxygen atoms in total. The monoisotopic (exact) mass is 464 g/mol. The summed E-state index contributed by atoms with van der Waals surface area (Å²) in [7, 11) is 1.34. The third kappa shape index (κ3) is 5.42. The number of pyridine rings is 1. The summed E-state index contributed by atoms with van der Waals surface area (Å²) in [5, 5.41) is 5.46. The first-order valence-electron chi connectivity index (χ1n) is 11.6. The summed E-state index contributed by atoms with van der Waals surface area (Å²) >= 11 is 0. The fraction of sp³-hybridized carbons (Fsp3) is 0.480. The molecule has 3 aromatic rings. The van der Waals surface area contributed by atoms with Gasteiger partial charge in [0.05, 0.1) is 30.0 Å². The van der Waals surface area contributed by atoms with Crippen molar-refractivity contribution < 1.29 is 18.8 Å². The van der Waals surface area contributed by atoms with E-state index in [1.807, 2.05) is 76.9 Å². The molecule has 1 amide bonds. The highest BCUT2D eigenvalue weighted by molar-refractivity contribution is 6.62. The molecule has 0 spiro atoms. The fourth-order valence-corrected chi connectivity index (χ4v) is 3.67. The molecule has 1 aliphatic heterocycles. The van der Waals surface area contributed by atoms with Crippen molar-refractivity contribution in [3.63, 3.8) is 0 Å². The SMILES string of the molecule is CC1OB(c2ccc3ncc(-c4cnn(CCN(C)C(=O)OC(C)(C)C)c4)cc3c2)OC1(C)C. The molecule has 1 aromatic carbocycles. The van der Waals surface area contributed by atoms with E-state index < -0.39 is 5.60 Å². The lowest BCUT2D eigenvalue weighted by Gasteiger charge is -2.24. The largest absolute Gasteiger partial charge is 0.494 e. The molecule has 2 aromatic heterocycles. The van der Waals surface area contributed by atoms with Gasteiger partial charge in [0, 0.05) is 42.5 Å². The van der Waals surface area contributed by atoms with Gasteiger partial charge < -0.3 is 18.9 Å². The lowest BCUT2D eigenvalue weighted by Crippen LogP contribution is -2.35. The lowest BCUT2D eigenvalue weighted by atomic mass is 9.78. The maximum Gasteiger partial charge on any atom is 0.494 e. The van der Waals surface area contributed by atoms with Crippen molar-refractivity contribution >= 4 is 29.6 Å². The van der Waals surface area contributed by atoms with Crippen molar-refractivity contribution in [1.29, 1.82) is 0 Å². The Bertz CT molecular complexity index is 1190. The van der Waals surface area contributed by atoms with Crippen molar-refractivity contribution in [1.82, 2.24) is 19.7 Å². The van der Waals surface area contributed by atoms with Crippen molar-refractivity contribution in [2.45, 2.75) is 65.4 Å². The molecule has 4 rings (SSSR count). The Morgan fingerprint density at radius 3 is 2.68 bits per heavy atom. The maximum atomic E-state index is 12.2. The molecule has 1 aliphatic rings. The zero-order chi connectivity index (χ0) is 24.7. The van der Waals surface area contributed by atoms with Gasteiger partial charge in [0.1, 0.15) is 5.60 Å². The minimum absolute atomic E-state index is 0.0119. The second kappa shape index (κ2) is 9.04. The number of amides is 1. The fourth-order valence-electron chi connectivity index (χ4n) is 3.67. The van der Waals surface area contributed by atoms with Crippen LogP contribution in [0.25, 0.3) is 22.0 Å². The van der Waals surface area contributed by atoms with Crippen LogP contribution in [0.2, 0.25) is 0 Å². The van der Waals surface area contributed by atoms with E-state index in [1.54, 1.807) is 11.9 Å². The Morgan fingerprint density at radius 2 is 2.00 bits per heavy atom. The van der Waals surface area contributed by atoms with E-state index in [1.165, 1.54) is 0 Å². The second-order valence-corrected chi connectivity index (χ2v) is 10.4. The Morgan fingerprint density at radius 1 is 1.24 bits per heavy atom. The molecule has 1 fully saturated rings. The average Bonchev–Trinajstić information content (AvgIpc) is 3.34. The van der Waals surface area contributed by atoms with Gasteiger partial charge in [-0.05, 0) is 59.1 Å². The maximum absolute atomic E-state index is 12.2. The van der Waals surface area contributed by atoms with E-state index in [-0.39, 0.29) is 24.9 Å². The molecule has 3 heterocycles. The molecule has 0 radical (unpaired) electrons. The number of carbonyl (C=O) groups is 1. The van der Waals surface area contributed by atoms with Crippen LogP contribution in [0.15, 0.2) is 42.9 Å². The predicted molar refractivity (Wildman–Crippen MR) is 133 cm³/mol. The summed E-state index contributed by atoms with van der Waals surface area (Å²) in [5.74, 6) is 0. The minimum Gasteiger partial charge on any atom is -0.444 e. The first-order valence-corrected chi connectivity index (χ1v) is 11.6. The van der Waals surface area contributed by atoms with Crippen LogP contribution in [0.5, 0.6) is 0 Å². The van der Waals surface area contributed by atoms with Gasteiger partial charge in [-0.3, -0.25) is 9.67 Å². The quantitative estimate of drug-likeness (QED) is 0.534. The van der Waals surface area contributed by atoms with E-state index >= 15 is 0 Å². The number of nitrogens with zero attached hydrogens (tertiary/aromatic N) is 4. The van der Waals surface area contributed by atoms with E-state index in [0.29, 0.717) is 13.1 Å². The third-order valence-corrected chi connectivity index (χ3v) is 6.03. The molecular formula is C25H33BN4O4. The van der Waals surface area contributed by atoms with Crippen LogP contribution in [0, 0.1) is 0 Å². The Hall–Kier alpha value is -2.91. The number of likely N-dealkylation sites (N-methyl/N-ethyl adjacent to an activating group) is 1. The van der Waals surface area contributed by atoms with Crippen molar-refractivity contribution in [2.75, 3.05) is 13.6 Å². The summed E-state index contributed by atoms with van der Waals surface area (Å²) in [5.41, 5.74) is 2.97. The summed E-state index contributed by atoms with van der Waals surface area (Å²) in [6, 6.07) is 8.18. The van der Waals surface area contributed by atoms with Crippen molar-refractivity contribution in [3.8, 4) is 11.1 Å². The highest BCUT2D eigenvalue weighted by Gasteiger charge is 2.43. The molecule has 0 aliphatic carbocycles. The number of hydrogen-bond acceptors (Lipinski definition) is 6. The lowest BCUT2D eigenvalue weighted by molar-refractivity contribution is 0.0292. The standard InChI is InChI=1S/C25H33BN4O4/c1-17-25(5,6)34-26(33-17)21-8-9-22-18(13-21)12-19(14-27-22)20-15-28-30(16-20)11-10-29(7)23(31)32-24(2,3)4/h8-9,12-17H,10-11H2,1-7H3.